The molecule has 96 valence electrons. The molecule has 3 nitrogen and oxygen atoms in total. The summed E-state index contributed by atoms with van der Waals surface area (Å²) in [4.78, 5) is 22.9. The number of aliphatic carboxylic acids is 1. The van der Waals surface area contributed by atoms with Gasteiger partial charge in [-0.3, -0.25) is 9.59 Å². The van der Waals surface area contributed by atoms with Crippen LogP contribution in [0.5, 0.6) is 0 Å². The minimum absolute atomic E-state index is 0.0496. The zero-order valence-electron chi connectivity index (χ0n) is 9.93. The summed E-state index contributed by atoms with van der Waals surface area (Å²) in [5.41, 5.74) is 0.612. The van der Waals surface area contributed by atoms with Gasteiger partial charge in [0.1, 0.15) is 0 Å². The number of Topliss-reactive ketones (excluding diaryl/α,β-unsaturated/α-hetero) is 1. The topological polar surface area (TPSA) is 54.4 Å². The van der Waals surface area contributed by atoms with Crippen molar-refractivity contribution in [1.82, 2.24) is 0 Å². The van der Waals surface area contributed by atoms with Crippen LogP contribution in [0.2, 0.25) is 5.02 Å². The van der Waals surface area contributed by atoms with Gasteiger partial charge in [-0.1, -0.05) is 23.7 Å². The summed E-state index contributed by atoms with van der Waals surface area (Å²) in [6.45, 7) is 0. The van der Waals surface area contributed by atoms with Crippen LogP contribution in [0.25, 0.3) is 0 Å². The second-order valence-electron chi connectivity index (χ2n) is 4.85. The maximum atomic E-state index is 12.0. The minimum Gasteiger partial charge on any atom is -0.481 e. The summed E-state index contributed by atoms with van der Waals surface area (Å²) in [5.74, 6) is -0.777. The van der Waals surface area contributed by atoms with Crippen molar-refractivity contribution in [2.24, 2.45) is 11.8 Å². The maximum absolute atomic E-state index is 12.0. The molecule has 18 heavy (non-hydrogen) atoms. The Morgan fingerprint density at radius 2 is 2.11 bits per heavy atom. The molecule has 0 spiro atoms. The average molecular weight is 267 g/mol. The number of benzene rings is 1. The Morgan fingerprint density at radius 3 is 2.72 bits per heavy atom. The second kappa shape index (κ2) is 5.53. The standard InChI is InChI=1S/C14H15ClO3/c15-12-3-1-2-10(8-12)13(16)7-9-4-5-11(6-9)14(17)18/h1-3,8-9,11H,4-7H2,(H,17,18)/t9-,11+/m0/s1. The van der Waals surface area contributed by atoms with E-state index in [1.165, 1.54) is 0 Å². The fourth-order valence-electron chi connectivity index (χ4n) is 2.53. The molecule has 1 aliphatic carbocycles. The molecule has 1 aliphatic rings. The van der Waals surface area contributed by atoms with Gasteiger partial charge < -0.3 is 5.11 Å². The van der Waals surface area contributed by atoms with Gasteiger partial charge in [0.05, 0.1) is 5.92 Å². The molecule has 0 bridgehead atoms. The van der Waals surface area contributed by atoms with Gasteiger partial charge in [-0.15, -0.1) is 0 Å². The van der Waals surface area contributed by atoms with Crippen LogP contribution >= 0.6 is 11.6 Å². The first kappa shape index (κ1) is 13.1. The quantitative estimate of drug-likeness (QED) is 0.850. The molecule has 0 aliphatic heterocycles. The summed E-state index contributed by atoms with van der Waals surface area (Å²) in [6, 6.07) is 6.89. The molecule has 1 aromatic rings. The Hall–Kier alpha value is -1.35. The van der Waals surface area contributed by atoms with E-state index in [1.54, 1.807) is 24.3 Å². The molecule has 1 aromatic carbocycles. The van der Waals surface area contributed by atoms with Crippen LogP contribution in [0.4, 0.5) is 0 Å². The highest BCUT2D eigenvalue weighted by Gasteiger charge is 2.30. The van der Waals surface area contributed by atoms with E-state index in [0.29, 0.717) is 29.8 Å². The average Bonchev–Trinajstić information content (AvgIpc) is 2.77. The zero-order valence-corrected chi connectivity index (χ0v) is 10.7. The predicted molar refractivity (Wildman–Crippen MR) is 68.9 cm³/mol. The minimum atomic E-state index is -0.743. The lowest BCUT2D eigenvalue weighted by atomic mass is 9.96. The van der Waals surface area contributed by atoms with Crippen LogP contribution < -0.4 is 0 Å². The van der Waals surface area contributed by atoms with Crippen molar-refractivity contribution in [2.45, 2.75) is 25.7 Å². The monoisotopic (exact) mass is 266 g/mol. The molecule has 1 N–H and O–H groups in total. The highest BCUT2D eigenvalue weighted by Crippen LogP contribution is 2.34. The third kappa shape index (κ3) is 3.10. The van der Waals surface area contributed by atoms with Crippen molar-refractivity contribution in [2.75, 3.05) is 0 Å². The van der Waals surface area contributed by atoms with Crippen LogP contribution in [-0.2, 0) is 4.79 Å². The van der Waals surface area contributed by atoms with Gasteiger partial charge in [-0.05, 0) is 37.3 Å². The molecule has 0 saturated heterocycles. The molecule has 0 aromatic heterocycles. The van der Waals surface area contributed by atoms with Crippen molar-refractivity contribution in [3.05, 3.63) is 34.9 Å². The molecule has 0 heterocycles. The maximum Gasteiger partial charge on any atom is 0.306 e. The first-order chi connectivity index (χ1) is 8.56. The van der Waals surface area contributed by atoms with Crippen molar-refractivity contribution in [1.29, 1.82) is 0 Å². The fraction of sp³-hybridized carbons (Fsp3) is 0.429. The number of hydrogen-bond acceptors (Lipinski definition) is 2. The Balaban J connectivity index is 1.95. The van der Waals surface area contributed by atoms with Gasteiger partial charge in [-0.25, -0.2) is 0 Å². The molecule has 0 radical (unpaired) electrons. The summed E-state index contributed by atoms with van der Waals surface area (Å²) >= 11 is 5.84. The number of ketones is 1. The van der Waals surface area contributed by atoms with E-state index in [1.807, 2.05) is 0 Å². The third-order valence-corrected chi connectivity index (χ3v) is 3.75. The number of carbonyl (C=O) groups excluding carboxylic acids is 1. The zero-order chi connectivity index (χ0) is 13.1. The van der Waals surface area contributed by atoms with E-state index >= 15 is 0 Å². The Bertz CT molecular complexity index is 470. The number of carboxylic acids is 1. The van der Waals surface area contributed by atoms with Crippen LogP contribution in [0.1, 0.15) is 36.0 Å². The largest absolute Gasteiger partial charge is 0.481 e. The van der Waals surface area contributed by atoms with E-state index in [4.69, 9.17) is 16.7 Å². The van der Waals surface area contributed by atoms with Gasteiger partial charge in [0.15, 0.2) is 5.78 Å². The molecule has 2 atom stereocenters. The van der Waals surface area contributed by atoms with Gasteiger partial charge in [0.25, 0.3) is 0 Å². The lowest BCUT2D eigenvalue weighted by molar-refractivity contribution is -0.141. The molecule has 4 heteroatoms. The molecule has 1 fully saturated rings. The molecule has 0 unspecified atom stereocenters. The molecule has 2 rings (SSSR count). The van der Waals surface area contributed by atoms with E-state index in [0.717, 1.165) is 6.42 Å². The highest BCUT2D eigenvalue weighted by atomic mass is 35.5. The van der Waals surface area contributed by atoms with Crippen LogP contribution in [0, 0.1) is 11.8 Å². The van der Waals surface area contributed by atoms with Crippen LogP contribution in [0.3, 0.4) is 0 Å². The van der Waals surface area contributed by atoms with Crippen molar-refractivity contribution in [3.8, 4) is 0 Å². The normalized spacial score (nSPS) is 22.9. The smallest absolute Gasteiger partial charge is 0.306 e. The number of halogens is 1. The summed E-state index contributed by atoms with van der Waals surface area (Å²) < 4.78 is 0. The van der Waals surface area contributed by atoms with E-state index in [2.05, 4.69) is 0 Å². The van der Waals surface area contributed by atoms with E-state index in [-0.39, 0.29) is 17.6 Å². The number of carboxylic acid groups (broad SMARTS) is 1. The summed E-state index contributed by atoms with van der Waals surface area (Å²) in [6.07, 6.45) is 2.54. The Morgan fingerprint density at radius 1 is 1.33 bits per heavy atom. The third-order valence-electron chi connectivity index (χ3n) is 3.51. The number of carbonyl (C=O) groups is 2. The fourth-order valence-corrected chi connectivity index (χ4v) is 2.72. The van der Waals surface area contributed by atoms with Gasteiger partial charge >= 0.3 is 5.97 Å². The van der Waals surface area contributed by atoms with Crippen molar-refractivity contribution >= 4 is 23.4 Å². The van der Waals surface area contributed by atoms with Gasteiger partial charge in [0, 0.05) is 17.0 Å². The molecule has 1 saturated carbocycles. The van der Waals surface area contributed by atoms with Crippen LogP contribution in [0.15, 0.2) is 24.3 Å². The number of rotatable bonds is 4. The molecule has 0 amide bonds. The second-order valence-corrected chi connectivity index (χ2v) is 5.29. The SMILES string of the molecule is O=C(C[C@H]1CC[C@@H](C(=O)O)C1)c1cccc(Cl)c1. The lowest BCUT2D eigenvalue weighted by Gasteiger charge is -2.08. The first-order valence-corrected chi connectivity index (χ1v) is 6.45. The summed E-state index contributed by atoms with van der Waals surface area (Å²) in [5, 5.41) is 9.47. The van der Waals surface area contributed by atoms with E-state index < -0.39 is 5.97 Å². The van der Waals surface area contributed by atoms with Gasteiger partial charge in [0.2, 0.25) is 0 Å². The Labute approximate surface area is 111 Å². The molecular weight excluding hydrogens is 252 g/mol. The van der Waals surface area contributed by atoms with E-state index in [9.17, 15) is 9.59 Å². The van der Waals surface area contributed by atoms with Crippen molar-refractivity contribution in [3.63, 3.8) is 0 Å². The molecular formula is C14H15ClO3. The Kier molecular flexibility index (Phi) is 4.02. The first-order valence-electron chi connectivity index (χ1n) is 6.08. The number of hydrogen-bond donors (Lipinski definition) is 1. The predicted octanol–water partition coefficient (Wildman–Crippen LogP) is 3.41. The van der Waals surface area contributed by atoms with Crippen molar-refractivity contribution < 1.29 is 14.7 Å². The highest BCUT2D eigenvalue weighted by molar-refractivity contribution is 6.31. The van der Waals surface area contributed by atoms with Crippen LogP contribution in [-0.4, -0.2) is 16.9 Å². The van der Waals surface area contributed by atoms with Gasteiger partial charge in [-0.2, -0.15) is 0 Å². The lowest BCUT2D eigenvalue weighted by Crippen LogP contribution is -2.11. The summed E-state index contributed by atoms with van der Waals surface area (Å²) in [7, 11) is 0.